The van der Waals surface area contributed by atoms with Gasteiger partial charge in [-0.2, -0.15) is 0 Å². The third-order valence-corrected chi connectivity index (χ3v) is 6.35. The molecule has 0 fully saturated rings. The molecular formula is C17H12OS2Se. The van der Waals surface area contributed by atoms with Crippen LogP contribution in [-0.4, -0.2) is 20.1 Å². The molecule has 1 N–H and O–H groups in total. The van der Waals surface area contributed by atoms with E-state index in [4.69, 9.17) is 0 Å². The van der Waals surface area contributed by atoms with Gasteiger partial charge in [0.05, 0.1) is 0 Å². The van der Waals surface area contributed by atoms with Gasteiger partial charge in [0.15, 0.2) is 0 Å². The number of thiophene rings is 2. The number of hydrogen-bond acceptors (Lipinski definition) is 3. The van der Waals surface area contributed by atoms with E-state index in [0.29, 0.717) is 0 Å². The van der Waals surface area contributed by atoms with Crippen molar-refractivity contribution in [3.63, 3.8) is 0 Å². The normalized spacial score (nSPS) is 10.9. The molecule has 0 saturated heterocycles. The molecular weight excluding hydrogens is 363 g/mol. The summed E-state index contributed by atoms with van der Waals surface area (Å²) in [4.78, 5) is 4.95. The van der Waals surface area contributed by atoms with E-state index < -0.39 is 5.60 Å². The molecule has 0 aliphatic carbocycles. The molecule has 1 aromatic carbocycles. The molecule has 0 aliphatic rings. The van der Waals surface area contributed by atoms with E-state index in [1.54, 1.807) is 0 Å². The molecule has 104 valence electrons. The molecule has 2 heterocycles. The first-order chi connectivity index (χ1) is 10.3. The Bertz CT molecular complexity index is 703. The Balaban J connectivity index is 1.91. The van der Waals surface area contributed by atoms with Crippen molar-refractivity contribution < 1.29 is 5.11 Å². The van der Waals surface area contributed by atoms with Crippen LogP contribution in [0.2, 0.25) is 0 Å². The van der Waals surface area contributed by atoms with Crippen LogP contribution in [0.3, 0.4) is 0 Å². The van der Waals surface area contributed by atoms with Gasteiger partial charge in [-0.05, 0) is 0 Å². The Labute approximate surface area is 138 Å². The van der Waals surface area contributed by atoms with Crippen LogP contribution in [0.5, 0.6) is 0 Å². The fraction of sp³-hybridized carbons (Fsp3) is 0.0588. The van der Waals surface area contributed by atoms with Crippen molar-refractivity contribution in [2.24, 2.45) is 0 Å². The minimum absolute atomic E-state index is 0.0454. The van der Waals surface area contributed by atoms with Crippen LogP contribution in [0.4, 0.5) is 0 Å². The van der Waals surface area contributed by atoms with Crippen molar-refractivity contribution in [3.8, 4) is 10.7 Å². The minimum atomic E-state index is -1.18. The van der Waals surface area contributed by atoms with Crippen molar-refractivity contribution >= 4 is 42.1 Å². The predicted octanol–water partition coefficient (Wildman–Crippen LogP) is 3.04. The van der Waals surface area contributed by atoms with Gasteiger partial charge in [-0.3, -0.25) is 0 Å². The van der Waals surface area contributed by atoms with E-state index in [1.165, 1.54) is 27.1 Å². The molecule has 3 rings (SSSR count). The van der Waals surface area contributed by atoms with Gasteiger partial charge in [0, 0.05) is 0 Å². The fourth-order valence-corrected chi connectivity index (χ4v) is 4.79. The van der Waals surface area contributed by atoms with Gasteiger partial charge >= 0.3 is 139 Å². The molecule has 0 radical (unpaired) electrons. The number of aliphatic hydroxyl groups is 1. The second kappa shape index (κ2) is 6.61. The van der Waals surface area contributed by atoms with Crippen molar-refractivity contribution in [3.05, 3.63) is 75.1 Å². The Morgan fingerprint density at radius 2 is 1.48 bits per heavy atom. The SMILES string of the molecule is OC(C#C[Se]c1ccccc1)(c1cccs1)c1cccs1. The Hall–Kier alpha value is -1.34. The van der Waals surface area contributed by atoms with E-state index >= 15 is 0 Å². The van der Waals surface area contributed by atoms with Gasteiger partial charge < -0.3 is 0 Å². The van der Waals surface area contributed by atoms with E-state index in [9.17, 15) is 5.11 Å². The monoisotopic (exact) mass is 376 g/mol. The maximum absolute atomic E-state index is 11.1. The van der Waals surface area contributed by atoms with Crippen molar-refractivity contribution in [1.29, 1.82) is 0 Å². The maximum atomic E-state index is 11.1. The molecule has 1 nitrogen and oxygen atoms in total. The summed E-state index contributed by atoms with van der Waals surface area (Å²) >= 11 is 3.12. The zero-order valence-corrected chi connectivity index (χ0v) is 14.4. The van der Waals surface area contributed by atoms with Crippen LogP contribution >= 0.6 is 22.7 Å². The molecule has 0 amide bonds. The fourth-order valence-electron chi connectivity index (χ4n) is 1.86. The Kier molecular flexibility index (Phi) is 4.60. The molecule has 0 aliphatic heterocycles. The summed E-state index contributed by atoms with van der Waals surface area (Å²) in [6, 6.07) is 18.0. The zero-order chi connectivity index (χ0) is 14.5. The topological polar surface area (TPSA) is 20.2 Å². The van der Waals surface area contributed by atoms with E-state index in [0.717, 1.165) is 9.75 Å². The molecule has 4 heteroatoms. The van der Waals surface area contributed by atoms with Crippen LogP contribution in [0.25, 0.3) is 0 Å². The number of rotatable bonds is 3. The molecule has 0 atom stereocenters. The van der Waals surface area contributed by atoms with Gasteiger partial charge in [0.2, 0.25) is 0 Å². The third-order valence-electron chi connectivity index (χ3n) is 2.90. The standard InChI is InChI=1S/C17H12OS2Se/c18-17(15-8-4-11-19-15,16-9-5-12-20-16)10-13-21-14-6-2-1-3-7-14/h1-9,11-12,18H. The van der Waals surface area contributed by atoms with Crippen LogP contribution < -0.4 is 4.46 Å². The Morgan fingerprint density at radius 1 is 0.857 bits per heavy atom. The van der Waals surface area contributed by atoms with Gasteiger partial charge in [0.25, 0.3) is 0 Å². The van der Waals surface area contributed by atoms with Crippen LogP contribution in [0, 0.1) is 10.7 Å². The second-order valence-electron chi connectivity index (χ2n) is 4.31. The summed E-state index contributed by atoms with van der Waals surface area (Å²) < 4.78 is 1.22. The van der Waals surface area contributed by atoms with Crippen molar-refractivity contribution in [2.45, 2.75) is 5.60 Å². The molecule has 0 unspecified atom stereocenters. The molecule has 3 aromatic rings. The van der Waals surface area contributed by atoms with E-state index in [2.05, 4.69) is 22.9 Å². The summed E-state index contributed by atoms with van der Waals surface area (Å²) in [5.74, 6) is 3.10. The summed E-state index contributed by atoms with van der Waals surface area (Å²) in [7, 11) is 0. The third kappa shape index (κ3) is 3.29. The molecule has 0 bridgehead atoms. The second-order valence-corrected chi connectivity index (χ2v) is 8.05. The van der Waals surface area contributed by atoms with Gasteiger partial charge in [0.1, 0.15) is 0 Å². The summed E-state index contributed by atoms with van der Waals surface area (Å²) in [6.45, 7) is 0. The van der Waals surface area contributed by atoms with Crippen LogP contribution in [-0.2, 0) is 5.60 Å². The summed E-state index contributed by atoms with van der Waals surface area (Å²) in [5.41, 5.74) is -1.18. The average Bonchev–Trinajstić information content (AvgIpc) is 3.22. The van der Waals surface area contributed by atoms with E-state index in [-0.39, 0.29) is 15.0 Å². The van der Waals surface area contributed by atoms with Gasteiger partial charge in [-0.1, -0.05) is 0 Å². The number of benzene rings is 1. The van der Waals surface area contributed by atoms with Gasteiger partial charge in [-0.25, -0.2) is 0 Å². The molecule has 0 saturated carbocycles. The first-order valence-electron chi connectivity index (χ1n) is 6.33. The summed E-state index contributed by atoms with van der Waals surface area (Å²) in [6.07, 6.45) is 0. The predicted molar refractivity (Wildman–Crippen MR) is 91.2 cm³/mol. The van der Waals surface area contributed by atoms with Crippen LogP contribution in [0.1, 0.15) is 9.75 Å². The molecule has 21 heavy (non-hydrogen) atoms. The van der Waals surface area contributed by atoms with Crippen molar-refractivity contribution in [1.82, 2.24) is 0 Å². The summed E-state index contributed by atoms with van der Waals surface area (Å²) in [5, 5.41) is 15.0. The molecule has 0 spiro atoms. The quantitative estimate of drug-likeness (QED) is 0.551. The van der Waals surface area contributed by atoms with Crippen LogP contribution in [0.15, 0.2) is 65.4 Å². The zero-order valence-electron chi connectivity index (χ0n) is 11.0. The average molecular weight is 375 g/mol. The first-order valence-corrected chi connectivity index (χ1v) is 9.81. The van der Waals surface area contributed by atoms with Crippen molar-refractivity contribution in [2.75, 3.05) is 0 Å². The van der Waals surface area contributed by atoms with Gasteiger partial charge in [-0.15, -0.1) is 0 Å². The molecule has 2 aromatic heterocycles. The number of hydrogen-bond donors (Lipinski definition) is 1. The first kappa shape index (κ1) is 14.6. The van der Waals surface area contributed by atoms with E-state index in [1.807, 2.05) is 53.2 Å². The Morgan fingerprint density at radius 3 is 2.00 bits per heavy atom.